The van der Waals surface area contributed by atoms with E-state index in [4.69, 9.17) is 15.1 Å². The first-order valence-corrected chi connectivity index (χ1v) is 7.01. The number of aromatic carboxylic acids is 1. The van der Waals surface area contributed by atoms with Crippen molar-refractivity contribution in [3.8, 4) is 11.8 Å². The summed E-state index contributed by atoms with van der Waals surface area (Å²) in [6.07, 6.45) is 1.33. The van der Waals surface area contributed by atoms with Crippen molar-refractivity contribution in [2.75, 3.05) is 7.11 Å². The SMILES string of the molecule is COc1ccc(C#N)cc1CSc1ccc(C(=O)O)cn1. The number of carboxylic acid groups (broad SMARTS) is 1. The van der Waals surface area contributed by atoms with Crippen molar-refractivity contribution in [1.29, 1.82) is 5.26 Å². The van der Waals surface area contributed by atoms with Crippen LogP contribution in [0.2, 0.25) is 0 Å². The lowest BCUT2D eigenvalue weighted by Gasteiger charge is -2.08. The van der Waals surface area contributed by atoms with E-state index in [1.54, 1.807) is 31.4 Å². The van der Waals surface area contributed by atoms with Crippen LogP contribution in [0.25, 0.3) is 0 Å². The van der Waals surface area contributed by atoms with E-state index in [-0.39, 0.29) is 5.56 Å². The van der Waals surface area contributed by atoms with Crippen LogP contribution in [-0.4, -0.2) is 23.2 Å². The number of carboxylic acids is 1. The number of nitriles is 1. The van der Waals surface area contributed by atoms with E-state index in [9.17, 15) is 4.79 Å². The molecule has 0 atom stereocenters. The monoisotopic (exact) mass is 300 g/mol. The molecule has 6 heteroatoms. The lowest BCUT2D eigenvalue weighted by atomic mass is 10.1. The molecule has 0 amide bonds. The molecule has 5 nitrogen and oxygen atoms in total. The first-order chi connectivity index (χ1) is 10.1. The van der Waals surface area contributed by atoms with E-state index in [0.717, 1.165) is 5.56 Å². The standard InChI is InChI=1S/C15H12N2O3S/c1-20-13-4-2-10(7-16)6-12(13)9-21-14-5-3-11(8-17-14)15(18)19/h2-6,8H,9H2,1H3,(H,18,19). The number of aromatic nitrogens is 1. The van der Waals surface area contributed by atoms with Gasteiger partial charge in [-0.2, -0.15) is 5.26 Å². The van der Waals surface area contributed by atoms with E-state index < -0.39 is 5.97 Å². The molecule has 1 aromatic heterocycles. The Morgan fingerprint density at radius 3 is 2.81 bits per heavy atom. The fourth-order valence-corrected chi connectivity index (χ4v) is 2.53. The van der Waals surface area contributed by atoms with Crippen molar-refractivity contribution < 1.29 is 14.6 Å². The van der Waals surface area contributed by atoms with Gasteiger partial charge in [0.05, 0.1) is 29.3 Å². The van der Waals surface area contributed by atoms with Gasteiger partial charge < -0.3 is 9.84 Å². The normalized spacial score (nSPS) is 9.90. The number of carbonyl (C=O) groups is 1. The first kappa shape index (κ1) is 14.9. The van der Waals surface area contributed by atoms with Crippen LogP contribution in [0.1, 0.15) is 21.5 Å². The van der Waals surface area contributed by atoms with Gasteiger partial charge in [-0.25, -0.2) is 9.78 Å². The Labute approximate surface area is 126 Å². The minimum atomic E-state index is -0.998. The van der Waals surface area contributed by atoms with Crippen molar-refractivity contribution in [2.45, 2.75) is 10.8 Å². The van der Waals surface area contributed by atoms with Gasteiger partial charge in [0.2, 0.25) is 0 Å². The van der Waals surface area contributed by atoms with E-state index in [1.807, 2.05) is 0 Å². The highest BCUT2D eigenvalue weighted by Crippen LogP contribution is 2.27. The maximum Gasteiger partial charge on any atom is 0.337 e. The summed E-state index contributed by atoms with van der Waals surface area (Å²) in [7, 11) is 1.58. The minimum absolute atomic E-state index is 0.156. The van der Waals surface area contributed by atoms with E-state index in [1.165, 1.54) is 24.0 Å². The molecule has 0 saturated carbocycles. The van der Waals surface area contributed by atoms with Gasteiger partial charge in [0, 0.05) is 17.5 Å². The predicted molar refractivity (Wildman–Crippen MR) is 78.5 cm³/mol. The number of hydrogen-bond acceptors (Lipinski definition) is 5. The molecule has 0 aliphatic rings. The Hall–Kier alpha value is -2.52. The summed E-state index contributed by atoms with van der Waals surface area (Å²) in [6.45, 7) is 0. The number of methoxy groups -OCH3 is 1. The second-order valence-electron chi connectivity index (χ2n) is 4.12. The molecule has 0 spiro atoms. The molecule has 0 aliphatic carbocycles. The zero-order chi connectivity index (χ0) is 15.2. The number of pyridine rings is 1. The summed E-state index contributed by atoms with van der Waals surface area (Å²) < 4.78 is 5.26. The number of thioether (sulfide) groups is 1. The Kier molecular flexibility index (Phi) is 4.80. The summed E-state index contributed by atoms with van der Waals surface area (Å²) >= 11 is 1.45. The van der Waals surface area contributed by atoms with Crippen molar-refractivity contribution in [3.63, 3.8) is 0 Å². The Bertz CT molecular complexity index is 693. The molecular weight excluding hydrogens is 288 g/mol. The Morgan fingerprint density at radius 1 is 1.43 bits per heavy atom. The second kappa shape index (κ2) is 6.77. The fraction of sp³-hybridized carbons (Fsp3) is 0.133. The largest absolute Gasteiger partial charge is 0.496 e. The average molecular weight is 300 g/mol. The van der Waals surface area contributed by atoms with Crippen molar-refractivity contribution >= 4 is 17.7 Å². The van der Waals surface area contributed by atoms with Crippen LogP contribution in [0.15, 0.2) is 41.6 Å². The number of benzene rings is 1. The quantitative estimate of drug-likeness (QED) is 0.855. The molecule has 0 unspecified atom stereocenters. The van der Waals surface area contributed by atoms with E-state index >= 15 is 0 Å². The first-order valence-electron chi connectivity index (χ1n) is 6.03. The second-order valence-corrected chi connectivity index (χ2v) is 5.11. The van der Waals surface area contributed by atoms with Crippen molar-refractivity contribution in [3.05, 3.63) is 53.2 Å². The maximum absolute atomic E-state index is 10.8. The Morgan fingerprint density at radius 2 is 2.24 bits per heavy atom. The van der Waals surface area contributed by atoms with Gasteiger partial charge in [0.15, 0.2) is 0 Å². The lowest BCUT2D eigenvalue weighted by Crippen LogP contribution is -1.97. The third-order valence-electron chi connectivity index (χ3n) is 2.77. The summed E-state index contributed by atoms with van der Waals surface area (Å²) in [6, 6.07) is 10.5. The molecular formula is C15H12N2O3S. The third-order valence-corrected chi connectivity index (χ3v) is 3.76. The van der Waals surface area contributed by atoms with Crippen LogP contribution < -0.4 is 4.74 Å². The summed E-state index contributed by atoms with van der Waals surface area (Å²) in [4.78, 5) is 14.8. The molecule has 2 rings (SSSR count). The van der Waals surface area contributed by atoms with Crippen molar-refractivity contribution in [2.24, 2.45) is 0 Å². The highest BCUT2D eigenvalue weighted by molar-refractivity contribution is 7.98. The topological polar surface area (TPSA) is 83.2 Å². The van der Waals surface area contributed by atoms with Gasteiger partial charge in [-0.15, -0.1) is 11.8 Å². The molecule has 21 heavy (non-hydrogen) atoms. The van der Waals surface area contributed by atoms with Gasteiger partial charge in [-0.3, -0.25) is 0 Å². The highest BCUT2D eigenvalue weighted by Gasteiger charge is 2.07. The average Bonchev–Trinajstić information content (AvgIpc) is 2.52. The predicted octanol–water partition coefficient (Wildman–Crippen LogP) is 2.95. The third kappa shape index (κ3) is 3.74. The number of rotatable bonds is 5. The highest BCUT2D eigenvalue weighted by atomic mass is 32.2. The molecule has 0 fully saturated rings. The van der Waals surface area contributed by atoms with Crippen molar-refractivity contribution in [1.82, 2.24) is 4.98 Å². The molecule has 0 aliphatic heterocycles. The fourth-order valence-electron chi connectivity index (χ4n) is 1.70. The van der Waals surface area contributed by atoms with Gasteiger partial charge in [-0.1, -0.05) is 0 Å². The van der Waals surface area contributed by atoms with Crippen LogP contribution in [-0.2, 0) is 5.75 Å². The molecule has 0 saturated heterocycles. The molecule has 1 N–H and O–H groups in total. The summed E-state index contributed by atoms with van der Waals surface area (Å²) in [5.74, 6) is 0.295. The smallest absolute Gasteiger partial charge is 0.337 e. The zero-order valence-corrected chi connectivity index (χ0v) is 12.1. The number of ether oxygens (including phenoxy) is 1. The summed E-state index contributed by atoms with van der Waals surface area (Å²) in [5, 5.41) is 18.5. The van der Waals surface area contributed by atoms with E-state index in [0.29, 0.717) is 22.1 Å². The molecule has 1 aromatic carbocycles. The van der Waals surface area contributed by atoms with Crippen LogP contribution in [0.4, 0.5) is 0 Å². The maximum atomic E-state index is 10.8. The van der Waals surface area contributed by atoms with Gasteiger partial charge in [-0.05, 0) is 30.3 Å². The van der Waals surface area contributed by atoms with Gasteiger partial charge in [0.25, 0.3) is 0 Å². The van der Waals surface area contributed by atoms with Gasteiger partial charge in [0.1, 0.15) is 5.75 Å². The van der Waals surface area contributed by atoms with Crippen LogP contribution in [0.5, 0.6) is 5.75 Å². The molecule has 106 valence electrons. The lowest BCUT2D eigenvalue weighted by molar-refractivity contribution is 0.0696. The minimum Gasteiger partial charge on any atom is -0.496 e. The number of hydrogen-bond donors (Lipinski definition) is 1. The molecule has 1 heterocycles. The Balaban J connectivity index is 2.12. The van der Waals surface area contributed by atoms with Crippen LogP contribution >= 0.6 is 11.8 Å². The van der Waals surface area contributed by atoms with Gasteiger partial charge >= 0.3 is 5.97 Å². The van der Waals surface area contributed by atoms with E-state index in [2.05, 4.69) is 11.1 Å². The summed E-state index contributed by atoms with van der Waals surface area (Å²) in [5.41, 5.74) is 1.62. The molecule has 2 aromatic rings. The number of nitrogens with zero attached hydrogens (tertiary/aromatic N) is 2. The zero-order valence-electron chi connectivity index (χ0n) is 11.2. The molecule has 0 bridgehead atoms. The van der Waals surface area contributed by atoms with Crippen LogP contribution in [0.3, 0.4) is 0 Å². The molecule has 0 radical (unpaired) electrons. The van der Waals surface area contributed by atoms with Crippen LogP contribution in [0, 0.1) is 11.3 Å².